The second-order valence-electron chi connectivity index (χ2n) is 4.45. The van der Waals surface area contributed by atoms with Crippen molar-refractivity contribution in [1.82, 2.24) is 15.0 Å². The van der Waals surface area contributed by atoms with Crippen LogP contribution in [0.15, 0.2) is 35.2 Å². The Hall–Kier alpha value is -2.70. The molecule has 0 saturated heterocycles. The maximum Gasteiger partial charge on any atom is 0.323 e. The van der Waals surface area contributed by atoms with Gasteiger partial charge in [0.15, 0.2) is 0 Å². The van der Waals surface area contributed by atoms with E-state index in [9.17, 15) is 9.59 Å². The third-order valence-electron chi connectivity index (χ3n) is 2.86. The second kappa shape index (κ2) is 6.65. The molecule has 0 saturated carbocycles. The Morgan fingerprint density at radius 3 is 2.52 bits per heavy atom. The van der Waals surface area contributed by atoms with Crippen molar-refractivity contribution < 1.29 is 19.2 Å². The number of nitrogens with zero attached hydrogens (tertiary/aromatic N) is 3. The minimum Gasteiger partial charge on any atom is -0.480 e. The topological polar surface area (TPSA) is 96.5 Å². The van der Waals surface area contributed by atoms with Gasteiger partial charge < -0.3 is 14.5 Å². The molecule has 0 aliphatic rings. The van der Waals surface area contributed by atoms with E-state index in [1.165, 1.54) is 11.3 Å². The van der Waals surface area contributed by atoms with E-state index in [4.69, 9.17) is 5.11 Å². The van der Waals surface area contributed by atoms with Crippen LogP contribution in [0.1, 0.15) is 23.7 Å². The molecule has 1 N–H and O–H groups in total. The maximum absolute atomic E-state index is 12.3. The summed E-state index contributed by atoms with van der Waals surface area (Å²) in [5.74, 6) is -0.899. The Bertz CT molecular complexity index is 608. The molecule has 21 heavy (non-hydrogen) atoms. The van der Waals surface area contributed by atoms with Gasteiger partial charge in [-0.2, -0.15) is 4.98 Å². The fourth-order valence-electron chi connectivity index (χ4n) is 1.93. The third kappa shape index (κ3) is 3.65. The van der Waals surface area contributed by atoms with Crippen molar-refractivity contribution >= 4 is 11.9 Å². The van der Waals surface area contributed by atoms with Crippen molar-refractivity contribution in [2.45, 2.75) is 13.3 Å². The number of aromatic nitrogens is 2. The summed E-state index contributed by atoms with van der Waals surface area (Å²) in [6.07, 6.45) is 1.92. The van der Waals surface area contributed by atoms with Crippen molar-refractivity contribution in [2.24, 2.45) is 0 Å². The third-order valence-corrected chi connectivity index (χ3v) is 2.86. The van der Waals surface area contributed by atoms with Crippen LogP contribution in [0.25, 0.3) is 11.4 Å². The number of carbonyl (C=O) groups is 2. The van der Waals surface area contributed by atoms with Gasteiger partial charge in [0.05, 0.1) is 0 Å². The molecule has 7 heteroatoms. The summed E-state index contributed by atoms with van der Waals surface area (Å²) in [6.45, 7) is 1.98. The molecule has 0 aliphatic carbocycles. The highest BCUT2D eigenvalue weighted by Gasteiger charge is 2.17. The standard InChI is InChI=1S/C14H15N3O4/c1-2-7-17(8-12(18)19)14(20)11-5-3-10(4-6-11)13-15-9-21-16-13/h3-6,9H,2,7-8H2,1H3,(H,18,19). The van der Waals surface area contributed by atoms with E-state index in [-0.39, 0.29) is 12.5 Å². The highest BCUT2D eigenvalue weighted by Crippen LogP contribution is 2.16. The zero-order valence-electron chi connectivity index (χ0n) is 11.5. The smallest absolute Gasteiger partial charge is 0.323 e. The lowest BCUT2D eigenvalue weighted by molar-refractivity contribution is -0.137. The van der Waals surface area contributed by atoms with Gasteiger partial charge in [0.1, 0.15) is 6.54 Å². The molecular formula is C14H15N3O4. The first-order chi connectivity index (χ1) is 10.1. The highest BCUT2D eigenvalue weighted by atomic mass is 16.5. The van der Waals surface area contributed by atoms with Crippen molar-refractivity contribution in [3.8, 4) is 11.4 Å². The van der Waals surface area contributed by atoms with Gasteiger partial charge >= 0.3 is 5.97 Å². The Labute approximate surface area is 121 Å². The Balaban J connectivity index is 2.16. The average molecular weight is 289 g/mol. The fraction of sp³-hybridized carbons (Fsp3) is 0.286. The normalized spacial score (nSPS) is 10.3. The van der Waals surface area contributed by atoms with Crippen molar-refractivity contribution in [3.63, 3.8) is 0 Å². The van der Waals surface area contributed by atoms with E-state index in [0.29, 0.717) is 24.4 Å². The van der Waals surface area contributed by atoms with Crippen molar-refractivity contribution in [2.75, 3.05) is 13.1 Å². The zero-order chi connectivity index (χ0) is 15.2. The largest absolute Gasteiger partial charge is 0.480 e. The molecule has 0 fully saturated rings. The summed E-state index contributed by atoms with van der Waals surface area (Å²) in [7, 11) is 0. The van der Waals surface area contributed by atoms with Crippen molar-refractivity contribution in [1.29, 1.82) is 0 Å². The minimum absolute atomic E-state index is 0.306. The molecule has 0 spiro atoms. The van der Waals surface area contributed by atoms with Crippen LogP contribution in [0.5, 0.6) is 0 Å². The van der Waals surface area contributed by atoms with Crippen LogP contribution in [-0.4, -0.2) is 45.1 Å². The predicted octanol–water partition coefficient (Wildman–Crippen LogP) is 1.67. The van der Waals surface area contributed by atoms with Gasteiger partial charge in [-0.3, -0.25) is 9.59 Å². The molecule has 0 bridgehead atoms. The highest BCUT2D eigenvalue weighted by molar-refractivity contribution is 5.96. The number of hydrogen-bond acceptors (Lipinski definition) is 5. The Morgan fingerprint density at radius 1 is 1.29 bits per heavy atom. The fourth-order valence-corrected chi connectivity index (χ4v) is 1.93. The van der Waals surface area contributed by atoms with Gasteiger partial charge in [0.2, 0.25) is 12.2 Å². The van der Waals surface area contributed by atoms with Gasteiger partial charge in [0, 0.05) is 17.7 Å². The van der Waals surface area contributed by atoms with E-state index in [1.54, 1.807) is 24.3 Å². The first kappa shape index (κ1) is 14.7. The minimum atomic E-state index is -1.03. The molecule has 0 radical (unpaired) electrons. The predicted molar refractivity (Wildman–Crippen MR) is 73.6 cm³/mol. The summed E-state index contributed by atoms with van der Waals surface area (Å²) in [5, 5.41) is 12.6. The Morgan fingerprint density at radius 2 is 2.00 bits per heavy atom. The quantitative estimate of drug-likeness (QED) is 0.869. The van der Waals surface area contributed by atoms with Crippen molar-refractivity contribution in [3.05, 3.63) is 36.2 Å². The van der Waals surface area contributed by atoms with Crippen LogP contribution in [0.3, 0.4) is 0 Å². The summed E-state index contributed by atoms with van der Waals surface area (Å²) in [6, 6.07) is 6.64. The SMILES string of the molecule is CCCN(CC(=O)O)C(=O)c1ccc(-c2ncon2)cc1. The monoisotopic (exact) mass is 289 g/mol. The van der Waals surface area contributed by atoms with E-state index >= 15 is 0 Å². The molecule has 0 aliphatic heterocycles. The van der Waals surface area contributed by atoms with Crippen LogP contribution in [0.4, 0.5) is 0 Å². The number of carboxylic acids is 1. The molecular weight excluding hydrogens is 274 g/mol. The lowest BCUT2D eigenvalue weighted by atomic mass is 10.1. The number of carboxylic acid groups (broad SMARTS) is 1. The van der Waals surface area contributed by atoms with E-state index in [2.05, 4.69) is 14.7 Å². The van der Waals surface area contributed by atoms with E-state index in [1.807, 2.05) is 6.92 Å². The van der Waals surface area contributed by atoms with Gasteiger partial charge in [-0.25, -0.2) is 0 Å². The molecule has 1 heterocycles. The summed E-state index contributed by atoms with van der Waals surface area (Å²) in [5.41, 5.74) is 1.15. The average Bonchev–Trinajstić information content (AvgIpc) is 3.00. The number of amides is 1. The van der Waals surface area contributed by atoms with Crippen LogP contribution in [-0.2, 0) is 4.79 Å². The number of hydrogen-bond donors (Lipinski definition) is 1. The summed E-state index contributed by atoms with van der Waals surface area (Å²) in [4.78, 5) is 28.3. The maximum atomic E-state index is 12.3. The molecule has 1 aromatic heterocycles. The Kier molecular flexibility index (Phi) is 4.65. The molecule has 0 unspecified atom stereocenters. The van der Waals surface area contributed by atoms with Crippen LogP contribution in [0, 0.1) is 0 Å². The van der Waals surface area contributed by atoms with E-state index < -0.39 is 5.97 Å². The van der Waals surface area contributed by atoms with Gasteiger partial charge in [-0.15, -0.1) is 0 Å². The first-order valence-corrected chi connectivity index (χ1v) is 6.49. The molecule has 0 atom stereocenters. The van der Waals surface area contributed by atoms with Crippen LogP contribution >= 0.6 is 0 Å². The lowest BCUT2D eigenvalue weighted by Gasteiger charge is -2.19. The first-order valence-electron chi connectivity index (χ1n) is 6.49. The number of rotatable bonds is 6. The van der Waals surface area contributed by atoms with Crippen LogP contribution < -0.4 is 0 Å². The van der Waals surface area contributed by atoms with E-state index in [0.717, 1.165) is 5.56 Å². The molecule has 2 aromatic rings. The molecule has 110 valence electrons. The number of carbonyl (C=O) groups excluding carboxylic acids is 1. The molecule has 2 rings (SSSR count). The summed E-state index contributed by atoms with van der Waals surface area (Å²) >= 11 is 0. The number of benzene rings is 1. The van der Waals surface area contributed by atoms with Gasteiger partial charge in [-0.1, -0.05) is 24.2 Å². The number of aliphatic carboxylic acids is 1. The zero-order valence-corrected chi connectivity index (χ0v) is 11.5. The lowest BCUT2D eigenvalue weighted by Crippen LogP contribution is -2.36. The molecule has 1 aromatic carbocycles. The summed E-state index contributed by atoms with van der Waals surface area (Å²) < 4.78 is 4.66. The van der Waals surface area contributed by atoms with Gasteiger partial charge in [0.25, 0.3) is 5.91 Å². The second-order valence-corrected chi connectivity index (χ2v) is 4.45. The molecule has 7 nitrogen and oxygen atoms in total. The van der Waals surface area contributed by atoms with Gasteiger partial charge in [-0.05, 0) is 18.6 Å². The molecule has 1 amide bonds. The van der Waals surface area contributed by atoms with Crippen LogP contribution in [0.2, 0.25) is 0 Å².